The van der Waals surface area contributed by atoms with Gasteiger partial charge in [0.2, 0.25) is 0 Å². The van der Waals surface area contributed by atoms with Gasteiger partial charge < -0.3 is 14.5 Å². The van der Waals surface area contributed by atoms with Gasteiger partial charge in [0.25, 0.3) is 0 Å². The van der Waals surface area contributed by atoms with E-state index in [4.69, 9.17) is 4.74 Å². The largest absolute Gasteiger partial charge is 0.370 e. The van der Waals surface area contributed by atoms with Crippen molar-refractivity contribution < 1.29 is 9.53 Å². The van der Waals surface area contributed by atoms with Gasteiger partial charge in [-0.3, -0.25) is 4.79 Å². The second kappa shape index (κ2) is 9.13. The Morgan fingerprint density at radius 3 is 2.69 bits per heavy atom. The molecular formula is C22H31N5O2. The number of anilines is 1. The summed E-state index contributed by atoms with van der Waals surface area (Å²) >= 11 is 0. The zero-order valence-corrected chi connectivity index (χ0v) is 17.5. The molecular weight excluding hydrogens is 366 g/mol. The van der Waals surface area contributed by atoms with E-state index < -0.39 is 0 Å². The molecule has 0 amide bonds. The highest BCUT2D eigenvalue weighted by Crippen LogP contribution is 2.27. The highest BCUT2D eigenvalue weighted by atomic mass is 16.5. The van der Waals surface area contributed by atoms with Gasteiger partial charge in [0, 0.05) is 50.6 Å². The van der Waals surface area contributed by atoms with E-state index in [1.54, 1.807) is 18.6 Å². The second-order valence-electron chi connectivity index (χ2n) is 8.32. The van der Waals surface area contributed by atoms with Crippen LogP contribution in [0.3, 0.4) is 0 Å². The number of fused-ring (bicyclic) bond motifs is 1. The van der Waals surface area contributed by atoms with Crippen molar-refractivity contribution in [2.45, 2.75) is 51.7 Å². The summed E-state index contributed by atoms with van der Waals surface area (Å²) in [7, 11) is 0. The van der Waals surface area contributed by atoms with E-state index in [2.05, 4.69) is 38.6 Å². The molecule has 0 N–H and O–H groups in total. The lowest BCUT2D eigenvalue weighted by Gasteiger charge is -2.41. The molecule has 7 heteroatoms. The van der Waals surface area contributed by atoms with Gasteiger partial charge in [0.15, 0.2) is 5.65 Å². The minimum atomic E-state index is 0.140. The number of Topliss-reactive ketones (excluding diaryl/α,β-unsaturated/α-hetero) is 1. The summed E-state index contributed by atoms with van der Waals surface area (Å²) in [5, 5.41) is 0. The Morgan fingerprint density at radius 2 is 1.90 bits per heavy atom. The molecule has 156 valence electrons. The lowest BCUT2D eigenvalue weighted by Crippen LogP contribution is -2.52. The Hall–Kier alpha value is -2.12. The quantitative estimate of drug-likeness (QED) is 0.742. The second-order valence-corrected chi connectivity index (χ2v) is 8.32. The molecule has 2 atom stereocenters. The van der Waals surface area contributed by atoms with Crippen LogP contribution < -0.4 is 4.90 Å². The molecule has 4 rings (SSSR count). The number of pyridine rings is 1. The Bertz CT molecular complexity index is 832. The van der Waals surface area contributed by atoms with Crippen LogP contribution in [0.5, 0.6) is 0 Å². The molecule has 29 heavy (non-hydrogen) atoms. The van der Waals surface area contributed by atoms with Crippen molar-refractivity contribution in [1.82, 2.24) is 19.9 Å². The zero-order valence-electron chi connectivity index (χ0n) is 17.5. The number of hydrogen-bond donors (Lipinski definition) is 0. The number of ketones is 1. The van der Waals surface area contributed by atoms with E-state index in [0.717, 1.165) is 69.6 Å². The van der Waals surface area contributed by atoms with Crippen LogP contribution in [-0.2, 0) is 9.53 Å². The molecule has 0 unspecified atom stereocenters. The number of ether oxygens (including phenoxy) is 1. The standard InChI is InChI=1S/C22H31N5O2/c1-3-4-20(28)17-6-11-26(12-7-17)14-18-15-27(13-16(2)29-18)19-5-8-24-22-21(19)23-9-10-25-22/h5,8-10,16-18H,3-4,6-7,11-15H2,1-2H3/t16-,18+/m1/s1. The summed E-state index contributed by atoms with van der Waals surface area (Å²) in [6.07, 6.45) is 9.14. The van der Waals surface area contributed by atoms with Crippen LogP contribution in [0, 0.1) is 5.92 Å². The fraction of sp³-hybridized carbons (Fsp3) is 0.636. The first kappa shape index (κ1) is 20.2. The Morgan fingerprint density at radius 1 is 1.14 bits per heavy atom. The molecule has 2 aromatic heterocycles. The molecule has 4 heterocycles. The maximum absolute atomic E-state index is 12.2. The van der Waals surface area contributed by atoms with E-state index in [1.165, 1.54) is 0 Å². The Labute approximate surface area is 172 Å². The first-order chi connectivity index (χ1) is 14.1. The topological polar surface area (TPSA) is 71.5 Å². The fourth-order valence-corrected chi connectivity index (χ4v) is 4.64. The summed E-state index contributed by atoms with van der Waals surface area (Å²) in [6.45, 7) is 8.75. The molecule has 2 fully saturated rings. The van der Waals surface area contributed by atoms with E-state index in [1.807, 2.05) is 6.07 Å². The molecule has 2 saturated heterocycles. The molecule has 0 bridgehead atoms. The molecule has 7 nitrogen and oxygen atoms in total. The average Bonchev–Trinajstić information content (AvgIpc) is 2.73. The van der Waals surface area contributed by atoms with Crippen LogP contribution in [0.25, 0.3) is 11.2 Å². The van der Waals surface area contributed by atoms with Crippen molar-refractivity contribution in [2.24, 2.45) is 5.92 Å². The van der Waals surface area contributed by atoms with Gasteiger partial charge in [-0.15, -0.1) is 0 Å². The maximum atomic E-state index is 12.2. The Kier molecular flexibility index (Phi) is 6.35. The molecule has 0 aromatic carbocycles. The summed E-state index contributed by atoms with van der Waals surface area (Å²) in [5.74, 6) is 0.710. The van der Waals surface area contributed by atoms with Gasteiger partial charge in [0.1, 0.15) is 11.3 Å². The molecule has 0 radical (unpaired) electrons. The Balaban J connectivity index is 1.39. The third kappa shape index (κ3) is 4.73. The molecule has 0 aliphatic carbocycles. The van der Waals surface area contributed by atoms with Crippen LogP contribution in [0.2, 0.25) is 0 Å². The monoisotopic (exact) mass is 397 g/mol. The number of aromatic nitrogens is 3. The third-order valence-corrected chi connectivity index (χ3v) is 6.02. The zero-order chi connectivity index (χ0) is 20.2. The number of likely N-dealkylation sites (tertiary alicyclic amines) is 1. The van der Waals surface area contributed by atoms with Gasteiger partial charge in [-0.05, 0) is 45.3 Å². The minimum absolute atomic E-state index is 0.140. The number of piperidine rings is 1. The van der Waals surface area contributed by atoms with Crippen LogP contribution in [0.1, 0.15) is 39.5 Å². The third-order valence-electron chi connectivity index (χ3n) is 6.02. The number of morpholine rings is 1. The number of carbonyl (C=O) groups excluding carboxylic acids is 1. The number of nitrogens with zero attached hydrogens (tertiary/aromatic N) is 5. The summed E-state index contributed by atoms with van der Waals surface area (Å²) in [4.78, 5) is 30.2. The first-order valence-electron chi connectivity index (χ1n) is 10.8. The lowest BCUT2D eigenvalue weighted by molar-refractivity contribution is -0.124. The van der Waals surface area contributed by atoms with Crippen molar-refractivity contribution in [3.05, 3.63) is 24.7 Å². The van der Waals surface area contributed by atoms with E-state index in [9.17, 15) is 4.79 Å². The van der Waals surface area contributed by atoms with Gasteiger partial charge in [0.05, 0.1) is 17.9 Å². The minimum Gasteiger partial charge on any atom is -0.370 e. The highest BCUT2D eigenvalue weighted by molar-refractivity contribution is 5.85. The van der Waals surface area contributed by atoms with E-state index in [-0.39, 0.29) is 18.1 Å². The van der Waals surface area contributed by atoms with Crippen molar-refractivity contribution >= 4 is 22.6 Å². The van der Waals surface area contributed by atoms with Gasteiger partial charge in [-0.1, -0.05) is 6.92 Å². The van der Waals surface area contributed by atoms with Gasteiger partial charge in [-0.25, -0.2) is 15.0 Å². The van der Waals surface area contributed by atoms with Crippen LogP contribution in [-0.4, -0.2) is 70.6 Å². The van der Waals surface area contributed by atoms with Crippen molar-refractivity contribution in [3.63, 3.8) is 0 Å². The van der Waals surface area contributed by atoms with Crippen molar-refractivity contribution in [1.29, 1.82) is 0 Å². The molecule has 0 saturated carbocycles. The van der Waals surface area contributed by atoms with E-state index in [0.29, 0.717) is 11.4 Å². The van der Waals surface area contributed by atoms with E-state index >= 15 is 0 Å². The fourth-order valence-electron chi connectivity index (χ4n) is 4.64. The maximum Gasteiger partial charge on any atom is 0.180 e. The summed E-state index contributed by atoms with van der Waals surface area (Å²) < 4.78 is 6.26. The predicted octanol–water partition coefficient (Wildman–Crippen LogP) is 2.70. The SMILES string of the molecule is CCCC(=O)C1CCN(C[C@H]2CN(c3ccnc4nccnc34)C[C@@H](C)O2)CC1. The van der Waals surface area contributed by atoms with Crippen LogP contribution in [0.4, 0.5) is 5.69 Å². The van der Waals surface area contributed by atoms with Crippen molar-refractivity contribution in [3.8, 4) is 0 Å². The molecule has 2 aliphatic heterocycles. The summed E-state index contributed by atoms with van der Waals surface area (Å²) in [6, 6.07) is 2.02. The van der Waals surface area contributed by atoms with Gasteiger partial charge >= 0.3 is 0 Å². The molecule has 2 aliphatic rings. The molecule has 0 spiro atoms. The number of hydrogen-bond acceptors (Lipinski definition) is 7. The number of rotatable bonds is 6. The first-order valence-corrected chi connectivity index (χ1v) is 10.8. The average molecular weight is 398 g/mol. The van der Waals surface area contributed by atoms with Crippen LogP contribution >= 0.6 is 0 Å². The smallest absolute Gasteiger partial charge is 0.180 e. The normalized spacial score (nSPS) is 24.1. The highest BCUT2D eigenvalue weighted by Gasteiger charge is 2.30. The lowest BCUT2D eigenvalue weighted by atomic mass is 9.90. The van der Waals surface area contributed by atoms with Crippen molar-refractivity contribution in [2.75, 3.05) is 37.6 Å². The molecule has 2 aromatic rings. The van der Waals surface area contributed by atoms with Crippen LogP contribution in [0.15, 0.2) is 24.7 Å². The predicted molar refractivity (Wildman–Crippen MR) is 113 cm³/mol. The summed E-state index contributed by atoms with van der Waals surface area (Å²) in [5.41, 5.74) is 2.60. The number of carbonyl (C=O) groups is 1. The van der Waals surface area contributed by atoms with Gasteiger partial charge in [-0.2, -0.15) is 0 Å².